The van der Waals surface area contributed by atoms with E-state index in [1.807, 2.05) is 36.4 Å². The van der Waals surface area contributed by atoms with Crippen molar-refractivity contribution >= 4 is 57.8 Å². The first-order chi connectivity index (χ1) is 10.6. The fourth-order valence-electron chi connectivity index (χ4n) is 1.86. The van der Waals surface area contributed by atoms with Crippen LogP contribution in [0.25, 0.3) is 6.08 Å². The van der Waals surface area contributed by atoms with E-state index in [4.69, 9.17) is 23.2 Å². The molecule has 1 aliphatic rings. The van der Waals surface area contributed by atoms with Crippen molar-refractivity contribution in [1.82, 2.24) is 5.32 Å². The zero-order valence-electron chi connectivity index (χ0n) is 11.2. The van der Waals surface area contributed by atoms with Crippen LogP contribution in [0.15, 0.2) is 58.4 Å². The summed E-state index contributed by atoms with van der Waals surface area (Å²) in [7, 11) is 0. The summed E-state index contributed by atoms with van der Waals surface area (Å²) in [5.74, 6) is -0.175. The summed E-state index contributed by atoms with van der Waals surface area (Å²) >= 11 is 13.3. The van der Waals surface area contributed by atoms with Crippen LogP contribution in [0.2, 0.25) is 10.0 Å². The number of amidine groups is 1. The van der Waals surface area contributed by atoms with Crippen molar-refractivity contribution in [2.45, 2.75) is 0 Å². The summed E-state index contributed by atoms with van der Waals surface area (Å²) in [5, 5.41) is 4.22. The average molecular weight is 349 g/mol. The van der Waals surface area contributed by atoms with Gasteiger partial charge >= 0.3 is 0 Å². The molecule has 1 N–H and O–H groups in total. The lowest BCUT2D eigenvalue weighted by Gasteiger charge is -2.00. The largest absolute Gasteiger partial charge is 0.300 e. The predicted octanol–water partition coefficient (Wildman–Crippen LogP) is 4.89. The van der Waals surface area contributed by atoms with E-state index in [9.17, 15) is 4.79 Å². The first-order valence-electron chi connectivity index (χ1n) is 6.41. The van der Waals surface area contributed by atoms with Gasteiger partial charge in [-0.15, -0.1) is 0 Å². The van der Waals surface area contributed by atoms with E-state index in [-0.39, 0.29) is 5.91 Å². The minimum Gasteiger partial charge on any atom is -0.300 e. The molecule has 0 spiro atoms. The summed E-state index contributed by atoms with van der Waals surface area (Å²) in [6.07, 6.45) is 1.82. The molecule has 2 aromatic carbocycles. The number of hydrogen-bond acceptors (Lipinski definition) is 3. The Balaban J connectivity index is 1.87. The Bertz CT molecular complexity index is 788. The number of carbonyl (C=O) groups excluding carboxylic acids is 1. The molecule has 0 unspecified atom stereocenters. The molecule has 0 aromatic heterocycles. The summed E-state index contributed by atoms with van der Waals surface area (Å²) in [6, 6.07) is 14.7. The van der Waals surface area contributed by atoms with E-state index in [0.29, 0.717) is 25.8 Å². The minimum atomic E-state index is -0.175. The molecule has 2 aromatic rings. The van der Waals surface area contributed by atoms with Crippen molar-refractivity contribution in [3.05, 3.63) is 69.0 Å². The highest BCUT2D eigenvalue weighted by molar-refractivity contribution is 8.18. The van der Waals surface area contributed by atoms with E-state index in [2.05, 4.69) is 10.3 Å². The number of thioether (sulfide) groups is 1. The second-order valence-electron chi connectivity index (χ2n) is 4.49. The second-order valence-corrected chi connectivity index (χ2v) is 6.36. The van der Waals surface area contributed by atoms with Gasteiger partial charge in [0.05, 0.1) is 15.6 Å². The molecule has 0 atom stereocenters. The highest BCUT2D eigenvalue weighted by Crippen LogP contribution is 2.32. The van der Waals surface area contributed by atoms with Crippen LogP contribution in [-0.4, -0.2) is 11.1 Å². The highest BCUT2D eigenvalue weighted by atomic mass is 35.5. The highest BCUT2D eigenvalue weighted by Gasteiger charge is 2.24. The van der Waals surface area contributed by atoms with Gasteiger partial charge in [0.25, 0.3) is 5.91 Å². The molecule has 1 heterocycles. The van der Waals surface area contributed by atoms with Gasteiger partial charge in [-0.2, -0.15) is 0 Å². The number of nitrogens with one attached hydrogen (secondary N) is 1. The van der Waals surface area contributed by atoms with Crippen LogP contribution in [0, 0.1) is 0 Å². The Morgan fingerprint density at radius 1 is 1.09 bits per heavy atom. The van der Waals surface area contributed by atoms with Crippen molar-refractivity contribution in [1.29, 1.82) is 0 Å². The van der Waals surface area contributed by atoms with E-state index in [1.54, 1.807) is 18.2 Å². The number of carbonyl (C=O) groups is 1. The summed E-state index contributed by atoms with van der Waals surface area (Å²) in [4.78, 5) is 16.9. The Kier molecular flexibility index (Phi) is 4.52. The first-order valence-corrected chi connectivity index (χ1v) is 7.99. The molecule has 3 nitrogen and oxygen atoms in total. The lowest BCUT2D eigenvalue weighted by atomic mass is 10.2. The van der Waals surface area contributed by atoms with Gasteiger partial charge in [-0.3, -0.25) is 4.79 Å². The van der Waals surface area contributed by atoms with Gasteiger partial charge in [-0.25, -0.2) is 4.99 Å². The SMILES string of the molecule is O=C1NC(=Nc2cc(Cl)ccc2Cl)S/C1=C/c1ccccc1. The molecular weight excluding hydrogens is 339 g/mol. The van der Waals surface area contributed by atoms with Crippen LogP contribution in [0.4, 0.5) is 5.69 Å². The molecule has 1 amide bonds. The normalized spacial score (nSPS) is 18.0. The number of benzene rings is 2. The molecule has 1 fully saturated rings. The van der Waals surface area contributed by atoms with Crippen LogP contribution in [-0.2, 0) is 4.79 Å². The fourth-order valence-corrected chi connectivity index (χ4v) is 3.02. The van der Waals surface area contributed by atoms with Gasteiger partial charge in [0.1, 0.15) is 0 Å². The van der Waals surface area contributed by atoms with Gasteiger partial charge in [0.15, 0.2) is 5.17 Å². The lowest BCUT2D eigenvalue weighted by Crippen LogP contribution is -2.19. The third-order valence-corrected chi connectivity index (χ3v) is 4.34. The van der Waals surface area contributed by atoms with Crippen molar-refractivity contribution in [3.63, 3.8) is 0 Å². The van der Waals surface area contributed by atoms with Crippen molar-refractivity contribution in [3.8, 4) is 0 Å². The van der Waals surface area contributed by atoms with E-state index in [0.717, 1.165) is 5.56 Å². The van der Waals surface area contributed by atoms with E-state index >= 15 is 0 Å². The van der Waals surface area contributed by atoms with Crippen LogP contribution < -0.4 is 5.32 Å². The molecule has 0 radical (unpaired) electrons. The number of amides is 1. The Morgan fingerprint density at radius 2 is 1.86 bits per heavy atom. The summed E-state index contributed by atoms with van der Waals surface area (Å²) < 4.78 is 0. The van der Waals surface area contributed by atoms with E-state index < -0.39 is 0 Å². The van der Waals surface area contributed by atoms with Gasteiger partial charge in [-0.1, -0.05) is 53.5 Å². The number of hydrogen-bond donors (Lipinski definition) is 1. The molecule has 110 valence electrons. The molecule has 1 saturated heterocycles. The maximum Gasteiger partial charge on any atom is 0.264 e. The minimum absolute atomic E-state index is 0.175. The molecule has 3 rings (SSSR count). The monoisotopic (exact) mass is 348 g/mol. The Hall–Kier alpha value is -1.75. The van der Waals surface area contributed by atoms with Gasteiger partial charge in [0, 0.05) is 5.02 Å². The number of nitrogens with zero attached hydrogens (tertiary/aromatic N) is 1. The standard InChI is InChI=1S/C16H10Cl2N2OS/c17-11-6-7-12(18)13(9-11)19-16-20-15(21)14(22-16)8-10-4-2-1-3-5-10/h1-9H,(H,19,20,21)/b14-8+. The van der Waals surface area contributed by atoms with Gasteiger partial charge < -0.3 is 5.32 Å². The molecule has 0 saturated carbocycles. The number of rotatable bonds is 2. The molecule has 0 aliphatic carbocycles. The predicted molar refractivity (Wildman–Crippen MR) is 93.7 cm³/mol. The molecular formula is C16H10Cl2N2OS. The second kappa shape index (κ2) is 6.57. The maximum absolute atomic E-state index is 12.0. The zero-order valence-corrected chi connectivity index (χ0v) is 13.5. The van der Waals surface area contributed by atoms with Crippen LogP contribution in [0.5, 0.6) is 0 Å². The van der Waals surface area contributed by atoms with Crippen molar-refractivity contribution < 1.29 is 4.79 Å². The molecule has 6 heteroatoms. The molecule has 22 heavy (non-hydrogen) atoms. The summed E-state index contributed by atoms with van der Waals surface area (Å²) in [6.45, 7) is 0. The Labute approximate surface area is 142 Å². The zero-order chi connectivity index (χ0) is 15.5. The molecule has 0 bridgehead atoms. The van der Waals surface area contributed by atoms with Gasteiger partial charge in [0.2, 0.25) is 0 Å². The van der Waals surface area contributed by atoms with Crippen LogP contribution >= 0.6 is 35.0 Å². The third kappa shape index (κ3) is 3.53. The third-order valence-electron chi connectivity index (χ3n) is 2.88. The maximum atomic E-state index is 12.0. The average Bonchev–Trinajstić information content (AvgIpc) is 2.84. The van der Waals surface area contributed by atoms with Crippen molar-refractivity contribution in [2.24, 2.45) is 4.99 Å². The van der Waals surface area contributed by atoms with E-state index in [1.165, 1.54) is 11.8 Å². The molecule has 1 aliphatic heterocycles. The lowest BCUT2D eigenvalue weighted by molar-refractivity contribution is -0.115. The Morgan fingerprint density at radius 3 is 2.64 bits per heavy atom. The van der Waals surface area contributed by atoms with Crippen LogP contribution in [0.3, 0.4) is 0 Å². The number of aliphatic imine (C=N–C) groups is 1. The fraction of sp³-hybridized carbons (Fsp3) is 0. The summed E-state index contributed by atoms with van der Waals surface area (Å²) in [5.41, 5.74) is 1.49. The topological polar surface area (TPSA) is 41.5 Å². The van der Waals surface area contributed by atoms with Crippen molar-refractivity contribution in [2.75, 3.05) is 0 Å². The smallest absolute Gasteiger partial charge is 0.264 e. The van der Waals surface area contributed by atoms with Gasteiger partial charge in [-0.05, 0) is 41.6 Å². The van der Waals surface area contributed by atoms with Crippen LogP contribution in [0.1, 0.15) is 5.56 Å². The quantitative estimate of drug-likeness (QED) is 0.785. The first kappa shape index (κ1) is 15.2. The number of halogens is 2.